The number of pyridine rings is 1. The van der Waals surface area contributed by atoms with Crippen molar-refractivity contribution in [3.8, 4) is 0 Å². The van der Waals surface area contributed by atoms with Crippen LogP contribution in [0.3, 0.4) is 0 Å². The van der Waals surface area contributed by atoms with Gasteiger partial charge in [0.25, 0.3) is 0 Å². The second-order valence-electron chi connectivity index (χ2n) is 6.09. The van der Waals surface area contributed by atoms with E-state index in [0.717, 1.165) is 18.5 Å². The fraction of sp³-hybridized carbons (Fsp3) is 0.333. The topological polar surface area (TPSA) is 45.2 Å². The third-order valence-electron chi connectivity index (χ3n) is 4.80. The first-order chi connectivity index (χ1) is 10.8. The molecule has 2 atom stereocenters. The van der Waals surface area contributed by atoms with Crippen molar-refractivity contribution in [2.75, 3.05) is 6.54 Å². The average molecular weight is 293 g/mol. The number of hydrogen-bond donors (Lipinski definition) is 1. The molecule has 0 radical (unpaired) electrons. The number of urea groups is 1. The zero-order valence-electron chi connectivity index (χ0n) is 12.4. The lowest BCUT2D eigenvalue weighted by Gasteiger charge is -2.46. The van der Waals surface area contributed by atoms with Gasteiger partial charge < -0.3 is 10.2 Å². The van der Waals surface area contributed by atoms with Crippen LogP contribution < -0.4 is 5.32 Å². The maximum atomic E-state index is 12.6. The van der Waals surface area contributed by atoms with E-state index in [9.17, 15) is 4.79 Å². The lowest BCUT2D eigenvalue weighted by molar-refractivity contribution is 0.128. The van der Waals surface area contributed by atoms with Gasteiger partial charge in [-0.25, -0.2) is 4.79 Å². The molecule has 1 fully saturated rings. The Morgan fingerprint density at radius 2 is 2.05 bits per heavy atom. The van der Waals surface area contributed by atoms with Gasteiger partial charge in [0.1, 0.15) is 0 Å². The van der Waals surface area contributed by atoms with Gasteiger partial charge in [0.2, 0.25) is 0 Å². The van der Waals surface area contributed by atoms with Crippen molar-refractivity contribution in [1.82, 2.24) is 15.2 Å². The van der Waals surface area contributed by atoms with Crippen molar-refractivity contribution in [2.45, 2.75) is 31.3 Å². The van der Waals surface area contributed by atoms with Gasteiger partial charge in [-0.3, -0.25) is 4.98 Å². The molecule has 2 bridgehead atoms. The molecule has 1 N–H and O–H groups in total. The quantitative estimate of drug-likeness (QED) is 0.924. The second-order valence-corrected chi connectivity index (χ2v) is 6.09. The summed E-state index contributed by atoms with van der Waals surface area (Å²) in [5, 5.41) is 3.03. The van der Waals surface area contributed by atoms with E-state index in [1.807, 2.05) is 17.0 Å². The minimum atomic E-state index is 0.0352. The minimum Gasteiger partial charge on any atom is -0.334 e. The molecular weight excluding hydrogens is 274 g/mol. The Bertz CT molecular complexity index is 686. The van der Waals surface area contributed by atoms with Gasteiger partial charge >= 0.3 is 6.03 Å². The first-order valence-electron chi connectivity index (χ1n) is 7.85. The molecule has 2 amide bonds. The van der Waals surface area contributed by atoms with E-state index in [0.29, 0.717) is 12.5 Å². The molecule has 4 heteroatoms. The van der Waals surface area contributed by atoms with Crippen LogP contribution in [0.1, 0.15) is 41.5 Å². The van der Waals surface area contributed by atoms with Crippen LogP contribution in [0, 0.1) is 0 Å². The smallest absolute Gasteiger partial charge is 0.318 e. The number of carbonyl (C=O) groups excluding carboxylic acids is 1. The molecule has 2 aliphatic heterocycles. The molecule has 112 valence electrons. The highest BCUT2D eigenvalue weighted by molar-refractivity contribution is 5.75. The average Bonchev–Trinajstić information content (AvgIpc) is 2.61. The maximum absolute atomic E-state index is 12.6. The number of rotatable bonds is 2. The first-order valence-corrected chi connectivity index (χ1v) is 7.85. The van der Waals surface area contributed by atoms with Crippen LogP contribution in [0.5, 0.6) is 0 Å². The number of nitrogens with zero attached hydrogens (tertiary/aromatic N) is 2. The summed E-state index contributed by atoms with van der Waals surface area (Å²) in [7, 11) is 0. The predicted molar refractivity (Wildman–Crippen MR) is 84.3 cm³/mol. The Hall–Kier alpha value is -2.36. The molecule has 1 aliphatic carbocycles. The standard InChI is InChI=1S/C18H19N3O/c22-18(20-11-13-4-3-9-19-10-13)21-12-14-7-8-17(21)16-6-2-1-5-15(14)16/h1-6,9-10,14,17H,7-8,11-12H2,(H,20,22)/t14-,17-/m0/s1. The molecule has 22 heavy (non-hydrogen) atoms. The second kappa shape index (κ2) is 5.44. The van der Waals surface area contributed by atoms with E-state index in [2.05, 4.69) is 34.6 Å². The summed E-state index contributed by atoms with van der Waals surface area (Å²) in [5.41, 5.74) is 3.80. The molecule has 5 rings (SSSR count). The van der Waals surface area contributed by atoms with E-state index < -0.39 is 0 Å². The van der Waals surface area contributed by atoms with Gasteiger partial charge in [0.15, 0.2) is 0 Å². The number of benzene rings is 1. The van der Waals surface area contributed by atoms with E-state index >= 15 is 0 Å². The molecule has 3 heterocycles. The lowest BCUT2D eigenvalue weighted by atomic mass is 9.75. The molecule has 1 aromatic carbocycles. The SMILES string of the molecule is O=C(NCc1cccnc1)N1C[C@@H]2CC[C@H]1c1ccccc12. The van der Waals surface area contributed by atoms with Crippen LogP contribution in [0.25, 0.3) is 0 Å². The Morgan fingerprint density at radius 3 is 2.86 bits per heavy atom. The molecule has 0 unspecified atom stereocenters. The van der Waals surface area contributed by atoms with E-state index in [-0.39, 0.29) is 12.1 Å². The highest BCUT2D eigenvalue weighted by Gasteiger charge is 2.39. The number of nitrogens with one attached hydrogen (secondary N) is 1. The van der Waals surface area contributed by atoms with E-state index in [1.54, 1.807) is 12.4 Å². The zero-order valence-corrected chi connectivity index (χ0v) is 12.4. The van der Waals surface area contributed by atoms with Crippen LogP contribution in [-0.4, -0.2) is 22.5 Å². The molecule has 1 aromatic heterocycles. The number of aromatic nitrogens is 1. The van der Waals surface area contributed by atoms with Crippen molar-refractivity contribution < 1.29 is 4.79 Å². The van der Waals surface area contributed by atoms with Crippen molar-refractivity contribution in [3.05, 3.63) is 65.5 Å². The first kappa shape index (κ1) is 13.3. The monoisotopic (exact) mass is 293 g/mol. The summed E-state index contributed by atoms with van der Waals surface area (Å²) in [6.07, 6.45) is 5.79. The van der Waals surface area contributed by atoms with Crippen molar-refractivity contribution >= 4 is 6.03 Å². The largest absolute Gasteiger partial charge is 0.334 e. The van der Waals surface area contributed by atoms with Gasteiger partial charge in [-0.2, -0.15) is 0 Å². The van der Waals surface area contributed by atoms with Crippen LogP contribution in [0.4, 0.5) is 4.79 Å². The molecular formula is C18H19N3O. The fourth-order valence-corrected chi connectivity index (χ4v) is 3.74. The molecule has 4 nitrogen and oxygen atoms in total. The van der Waals surface area contributed by atoms with E-state index in [4.69, 9.17) is 0 Å². The fourth-order valence-electron chi connectivity index (χ4n) is 3.74. The summed E-state index contributed by atoms with van der Waals surface area (Å²) in [4.78, 5) is 18.7. The summed E-state index contributed by atoms with van der Waals surface area (Å²) in [6.45, 7) is 1.36. The van der Waals surface area contributed by atoms with E-state index in [1.165, 1.54) is 17.5 Å². The van der Waals surface area contributed by atoms with Crippen LogP contribution in [-0.2, 0) is 6.54 Å². The number of fused-ring (bicyclic) bond motifs is 2. The maximum Gasteiger partial charge on any atom is 0.318 e. The lowest BCUT2D eigenvalue weighted by Crippen LogP contribution is -2.49. The van der Waals surface area contributed by atoms with Crippen LogP contribution >= 0.6 is 0 Å². The van der Waals surface area contributed by atoms with Gasteiger partial charge in [-0.05, 0) is 35.6 Å². The Balaban J connectivity index is 1.49. The summed E-state index contributed by atoms with van der Waals surface area (Å²) < 4.78 is 0. The molecule has 1 saturated heterocycles. The Kier molecular flexibility index (Phi) is 3.29. The Morgan fingerprint density at radius 1 is 1.18 bits per heavy atom. The molecule has 3 aliphatic rings. The number of amides is 2. The van der Waals surface area contributed by atoms with Crippen molar-refractivity contribution in [1.29, 1.82) is 0 Å². The molecule has 2 aromatic rings. The third-order valence-corrected chi connectivity index (χ3v) is 4.80. The zero-order chi connectivity index (χ0) is 14.9. The van der Waals surface area contributed by atoms with Gasteiger partial charge in [-0.15, -0.1) is 0 Å². The van der Waals surface area contributed by atoms with Gasteiger partial charge in [0, 0.05) is 31.4 Å². The van der Waals surface area contributed by atoms with Gasteiger partial charge in [0.05, 0.1) is 6.04 Å². The highest BCUT2D eigenvalue weighted by Crippen LogP contribution is 2.46. The van der Waals surface area contributed by atoms with Crippen LogP contribution in [0.2, 0.25) is 0 Å². The molecule has 0 saturated carbocycles. The summed E-state index contributed by atoms with van der Waals surface area (Å²) in [5.74, 6) is 0.491. The van der Waals surface area contributed by atoms with Gasteiger partial charge in [-0.1, -0.05) is 30.3 Å². The summed E-state index contributed by atoms with van der Waals surface area (Å²) >= 11 is 0. The van der Waals surface area contributed by atoms with Crippen molar-refractivity contribution in [3.63, 3.8) is 0 Å². The highest BCUT2D eigenvalue weighted by atomic mass is 16.2. The summed E-state index contributed by atoms with van der Waals surface area (Å²) in [6, 6.07) is 12.7. The normalized spacial score (nSPS) is 22.3. The third kappa shape index (κ3) is 2.25. The minimum absolute atomic E-state index is 0.0352. The molecule has 0 spiro atoms. The predicted octanol–water partition coefficient (Wildman–Crippen LogP) is 3.23. The van der Waals surface area contributed by atoms with Crippen molar-refractivity contribution in [2.24, 2.45) is 0 Å². The number of piperidine rings is 1. The Labute approximate surface area is 130 Å². The number of carbonyl (C=O) groups is 1. The van der Waals surface area contributed by atoms with Crippen LogP contribution in [0.15, 0.2) is 48.8 Å². The number of hydrogen-bond acceptors (Lipinski definition) is 2.